The van der Waals surface area contributed by atoms with E-state index in [0.717, 1.165) is 5.56 Å². The number of benzene rings is 1. The minimum Gasteiger partial charge on any atom is -0.480 e. The predicted molar refractivity (Wildman–Crippen MR) is 59.6 cm³/mol. The molecule has 0 aliphatic rings. The Morgan fingerprint density at radius 2 is 1.80 bits per heavy atom. The molecule has 82 valence electrons. The maximum absolute atomic E-state index is 11.1. The van der Waals surface area contributed by atoms with Crippen molar-refractivity contribution in [2.24, 2.45) is 11.7 Å². The Kier molecular flexibility index (Phi) is 3.72. The molecule has 0 saturated heterocycles. The molecule has 1 unspecified atom stereocenters. The van der Waals surface area contributed by atoms with Crippen LogP contribution in [0.3, 0.4) is 0 Å². The van der Waals surface area contributed by atoms with Gasteiger partial charge in [0.25, 0.3) is 5.91 Å². The lowest BCUT2D eigenvalue weighted by Gasteiger charge is -2.19. The SMILES string of the molecule is Cc1ccc(OC(C(N)=O)C(C)C)cc1. The molecular weight excluding hydrogens is 190 g/mol. The number of rotatable bonds is 4. The highest BCUT2D eigenvalue weighted by Gasteiger charge is 2.21. The Morgan fingerprint density at radius 1 is 1.27 bits per heavy atom. The molecule has 2 N–H and O–H groups in total. The van der Waals surface area contributed by atoms with Crippen molar-refractivity contribution in [3.8, 4) is 5.75 Å². The van der Waals surface area contributed by atoms with E-state index in [1.165, 1.54) is 0 Å². The first-order valence-corrected chi connectivity index (χ1v) is 5.03. The van der Waals surface area contributed by atoms with E-state index in [0.29, 0.717) is 5.75 Å². The largest absolute Gasteiger partial charge is 0.480 e. The molecule has 3 nitrogen and oxygen atoms in total. The van der Waals surface area contributed by atoms with Crippen molar-refractivity contribution in [2.45, 2.75) is 26.9 Å². The smallest absolute Gasteiger partial charge is 0.258 e. The highest BCUT2D eigenvalue weighted by molar-refractivity contribution is 5.79. The minimum absolute atomic E-state index is 0.0730. The number of carbonyl (C=O) groups is 1. The molecule has 3 heteroatoms. The van der Waals surface area contributed by atoms with Crippen LogP contribution in [-0.4, -0.2) is 12.0 Å². The van der Waals surface area contributed by atoms with Gasteiger partial charge in [-0.25, -0.2) is 0 Å². The molecule has 1 aromatic rings. The van der Waals surface area contributed by atoms with Gasteiger partial charge in [-0.3, -0.25) is 4.79 Å². The zero-order valence-corrected chi connectivity index (χ0v) is 9.36. The van der Waals surface area contributed by atoms with Gasteiger partial charge in [-0.05, 0) is 25.0 Å². The van der Waals surface area contributed by atoms with Crippen LogP contribution in [0.15, 0.2) is 24.3 Å². The maximum Gasteiger partial charge on any atom is 0.258 e. The number of hydrogen-bond acceptors (Lipinski definition) is 2. The van der Waals surface area contributed by atoms with Crippen LogP contribution < -0.4 is 10.5 Å². The summed E-state index contributed by atoms with van der Waals surface area (Å²) in [6.45, 7) is 5.81. The Hall–Kier alpha value is -1.51. The third kappa shape index (κ3) is 3.27. The number of aryl methyl sites for hydroxylation is 1. The number of ether oxygens (including phenoxy) is 1. The van der Waals surface area contributed by atoms with E-state index < -0.39 is 12.0 Å². The minimum atomic E-state index is -0.562. The molecule has 0 aromatic heterocycles. The lowest BCUT2D eigenvalue weighted by Crippen LogP contribution is -2.37. The van der Waals surface area contributed by atoms with Gasteiger partial charge in [0.15, 0.2) is 6.10 Å². The highest BCUT2D eigenvalue weighted by atomic mass is 16.5. The first-order valence-electron chi connectivity index (χ1n) is 5.03. The van der Waals surface area contributed by atoms with Gasteiger partial charge in [-0.2, -0.15) is 0 Å². The summed E-state index contributed by atoms with van der Waals surface area (Å²) < 4.78 is 5.52. The molecule has 0 aliphatic heterocycles. The third-order valence-corrected chi connectivity index (χ3v) is 2.17. The fraction of sp³-hybridized carbons (Fsp3) is 0.417. The van der Waals surface area contributed by atoms with Crippen LogP contribution in [0.2, 0.25) is 0 Å². The molecule has 0 bridgehead atoms. The summed E-state index contributed by atoms with van der Waals surface area (Å²) in [5.41, 5.74) is 6.41. The van der Waals surface area contributed by atoms with Crippen LogP contribution in [0.1, 0.15) is 19.4 Å². The Bertz CT molecular complexity index is 330. The Labute approximate surface area is 90.2 Å². The average Bonchev–Trinajstić information content (AvgIpc) is 2.15. The molecule has 1 atom stereocenters. The zero-order chi connectivity index (χ0) is 11.4. The summed E-state index contributed by atoms with van der Waals surface area (Å²) in [5, 5.41) is 0. The van der Waals surface area contributed by atoms with Gasteiger partial charge in [0.2, 0.25) is 0 Å². The predicted octanol–water partition coefficient (Wildman–Crippen LogP) is 1.88. The van der Waals surface area contributed by atoms with Gasteiger partial charge in [0, 0.05) is 0 Å². The third-order valence-electron chi connectivity index (χ3n) is 2.17. The molecule has 1 amide bonds. The molecule has 0 heterocycles. The average molecular weight is 207 g/mol. The van der Waals surface area contributed by atoms with Crippen molar-refractivity contribution in [1.82, 2.24) is 0 Å². The lowest BCUT2D eigenvalue weighted by atomic mass is 10.1. The number of primary amides is 1. The van der Waals surface area contributed by atoms with Gasteiger partial charge < -0.3 is 10.5 Å². The number of nitrogens with two attached hydrogens (primary N) is 1. The van der Waals surface area contributed by atoms with Crippen molar-refractivity contribution >= 4 is 5.91 Å². The first kappa shape index (κ1) is 11.6. The number of carbonyl (C=O) groups excluding carboxylic acids is 1. The van der Waals surface area contributed by atoms with Crippen LogP contribution in [0, 0.1) is 12.8 Å². The van der Waals surface area contributed by atoms with E-state index in [9.17, 15) is 4.79 Å². The van der Waals surface area contributed by atoms with Gasteiger partial charge in [0.05, 0.1) is 0 Å². The first-order chi connectivity index (χ1) is 7.00. The van der Waals surface area contributed by atoms with Gasteiger partial charge in [0.1, 0.15) is 5.75 Å². The molecule has 0 aliphatic carbocycles. The highest BCUT2D eigenvalue weighted by Crippen LogP contribution is 2.16. The van der Waals surface area contributed by atoms with Crippen LogP contribution in [-0.2, 0) is 4.79 Å². The van der Waals surface area contributed by atoms with Crippen LogP contribution in [0.4, 0.5) is 0 Å². The molecule has 0 saturated carbocycles. The second kappa shape index (κ2) is 4.82. The Balaban J connectivity index is 2.74. The number of amides is 1. The number of hydrogen-bond donors (Lipinski definition) is 1. The van der Waals surface area contributed by atoms with Gasteiger partial charge in [-0.15, -0.1) is 0 Å². The normalized spacial score (nSPS) is 12.5. The lowest BCUT2D eigenvalue weighted by molar-refractivity contribution is -0.126. The van der Waals surface area contributed by atoms with Gasteiger partial charge >= 0.3 is 0 Å². The fourth-order valence-corrected chi connectivity index (χ4v) is 1.29. The summed E-state index contributed by atoms with van der Waals surface area (Å²) >= 11 is 0. The van der Waals surface area contributed by atoms with Gasteiger partial charge in [-0.1, -0.05) is 31.5 Å². The van der Waals surface area contributed by atoms with Crippen molar-refractivity contribution in [1.29, 1.82) is 0 Å². The molecule has 15 heavy (non-hydrogen) atoms. The van der Waals surface area contributed by atoms with E-state index in [1.54, 1.807) is 0 Å². The van der Waals surface area contributed by atoms with Crippen molar-refractivity contribution in [2.75, 3.05) is 0 Å². The molecule has 0 radical (unpaired) electrons. The standard InChI is InChI=1S/C12H17NO2/c1-8(2)11(12(13)14)15-10-6-4-9(3)5-7-10/h4-8,11H,1-3H3,(H2,13,14). The summed E-state index contributed by atoms with van der Waals surface area (Å²) in [7, 11) is 0. The topological polar surface area (TPSA) is 52.3 Å². The van der Waals surface area contributed by atoms with Crippen LogP contribution in [0.25, 0.3) is 0 Å². The van der Waals surface area contributed by atoms with Crippen molar-refractivity contribution in [3.63, 3.8) is 0 Å². The molecule has 0 spiro atoms. The Morgan fingerprint density at radius 3 is 2.20 bits per heavy atom. The van der Waals surface area contributed by atoms with E-state index in [1.807, 2.05) is 45.0 Å². The van der Waals surface area contributed by atoms with E-state index in [2.05, 4.69) is 0 Å². The van der Waals surface area contributed by atoms with Crippen molar-refractivity contribution in [3.05, 3.63) is 29.8 Å². The molecular formula is C12H17NO2. The maximum atomic E-state index is 11.1. The molecule has 0 fully saturated rings. The van der Waals surface area contributed by atoms with Crippen molar-refractivity contribution < 1.29 is 9.53 Å². The van der Waals surface area contributed by atoms with E-state index in [4.69, 9.17) is 10.5 Å². The quantitative estimate of drug-likeness (QED) is 0.819. The van der Waals surface area contributed by atoms with E-state index >= 15 is 0 Å². The monoisotopic (exact) mass is 207 g/mol. The summed E-state index contributed by atoms with van der Waals surface area (Å²) in [6.07, 6.45) is -0.562. The van der Waals surface area contributed by atoms with E-state index in [-0.39, 0.29) is 5.92 Å². The summed E-state index contributed by atoms with van der Waals surface area (Å²) in [4.78, 5) is 11.1. The fourth-order valence-electron chi connectivity index (χ4n) is 1.29. The second-order valence-electron chi connectivity index (χ2n) is 4.00. The molecule has 1 rings (SSSR count). The molecule has 1 aromatic carbocycles. The summed E-state index contributed by atoms with van der Waals surface area (Å²) in [5.74, 6) is 0.326. The van der Waals surface area contributed by atoms with Crippen LogP contribution in [0.5, 0.6) is 5.75 Å². The second-order valence-corrected chi connectivity index (χ2v) is 4.00. The summed E-state index contributed by atoms with van der Waals surface area (Å²) in [6, 6.07) is 7.56. The van der Waals surface area contributed by atoms with Crippen LogP contribution >= 0.6 is 0 Å². The zero-order valence-electron chi connectivity index (χ0n) is 9.36.